The van der Waals surface area contributed by atoms with E-state index in [2.05, 4.69) is 15.0 Å². The number of hydrogen-bond acceptors (Lipinski definition) is 3. The molecule has 0 aliphatic heterocycles. The van der Waals surface area contributed by atoms with Gasteiger partial charge in [-0.25, -0.2) is 9.97 Å². The number of rotatable bonds is 0. The Morgan fingerprint density at radius 2 is 2.18 bits per heavy atom. The summed E-state index contributed by atoms with van der Waals surface area (Å²) in [6.07, 6.45) is 5.27. The van der Waals surface area contributed by atoms with Crippen molar-refractivity contribution in [2.75, 3.05) is 0 Å². The zero-order valence-corrected chi connectivity index (χ0v) is 6.15. The summed E-state index contributed by atoms with van der Waals surface area (Å²) < 4.78 is 0. The third-order valence-corrected chi connectivity index (χ3v) is 1.50. The lowest BCUT2D eigenvalue weighted by Crippen LogP contribution is -1.87. The molecule has 0 amide bonds. The highest BCUT2D eigenvalue weighted by Crippen LogP contribution is 2.06. The summed E-state index contributed by atoms with van der Waals surface area (Å²) >= 11 is 0. The van der Waals surface area contributed by atoms with Crippen molar-refractivity contribution in [3.05, 3.63) is 30.5 Å². The van der Waals surface area contributed by atoms with Crippen LogP contribution in [0.25, 0.3) is 10.9 Å². The Bertz CT molecular complexity index is 384. The average Bonchev–Trinajstić information content (AvgIpc) is 2.04. The van der Waals surface area contributed by atoms with Crippen LogP contribution in [0.1, 0.15) is 5.82 Å². The smallest absolute Gasteiger partial charge is 0.125 e. The van der Waals surface area contributed by atoms with Crippen LogP contribution in [0.5, 0.6) is 0 Å². The zero-order chi connectivity index (χ0) is 7.68. The van der Waals surface area contributed by atoms with Crippen molar-refractivity contribution >= 4 is 10.9 Å². The van der Waals surface area contributed by atoms with Gasteiger partial charge in [-0.1, -0.05) is 0 Å². The molecule has 0 radical (unpaired) electrons. The molecule has 54 valence electrons. The highest BCUT2D eigenvalue weighted by atomic mass is 14.9. The molecule has 0 atom stereocenters. The number of nitrogens with zero attached hydrogens (tertiary/aromatic N) is 3. The minimum absolute atomic E-state index is 0.795. The van der Waals surface area contributed by atoms with Crippen LogP contribution in [-0.2, 0) is 0 Å². The van der Waals surface area contributed by atoms with E-state index in [0.717, 1.165) is 16.7 Å². The second-order valence-corrected chi connectivity index (χ2v) is 2.35. The van der Waals surface area contributed by atoms with Crippen molar-refractivity contribution in [2.24, 2.45) is 0 Å². The fraction of sp³-hybridized carbons (Fsp3) is 0.125. The van der Waals surface area contributed by atoms with E-state index in [1.165, 1.54) is 0 Å². The first kappa shape index (κ1) is 6.22. The van der Waals surface area contributed by atoms with E-state index in [1.807, 2.05) is 13.0 Å². The number of aryl methyl sites for hydroxylation is 1. The quantitative estimate of drug-likeness (QED) is 0.561. The summed E-state index contributed by atoms with van der Waals surface area (Å²) in [5, 5.41) is 0.984. The van der Waals surface area contributed by atoms with Gasteiger partial charge < -0.3 is 0 Å². The van der Waals surface area contributed by atoms with Gasteiger partial charge in [-0.3, -0.25) is 4.98 Å². The van der Waals surface area contributed by atoms with Crippen molar-refractivity contribution in [1.82, 2.24) is 15.0 Å². The molecule has 2 heterocycles. The van der Waals surface area contributed by atoms with Gasteiger partial charge in [0.15, 0.2) is 0 Å². The van der Waals surface area contributed by atoms with Gasteiger partial charge in [0.05, 0.1) is 5.52 Å². The van der Waals surface area contributed by atoms with E-state index >= 15 is 0 Å². The first-order valence-electron chi connectivity index (χ1n) is 3.39. The van der Waals surface area contributed by atoms with Gasteiger partial charge in [0.25, 0.3) is 0 Å². The van der Waals surface area contributed by atoms with Gasteiger partial charge in [0.2, 0.25) is 0 Å². The molecule has 3 nitrogen and oxygen atoms in total. The standard InChI is InChI=1S/C8H7N3/c1-6-10-5-7-4-9-3-2-8(7)11-6/h2-5H,1H3. The topological polar surface area (TPSA) is 38.7 Å². The zero-order valence-electron chi connectivity index (χ0n) is 6.15. The molecule has 0 unspecified atom stereocenters. The summed E-state index contributed by atoms with van der Waals surface area (Å²) in [6, 6.07) is 1.88. The molecule has 0 bridgehead atoms. The molecule has 0 saturated carbocycles. The largest absolute Gasteiger partial charge is 0.264 e. The first-order valence-corrected chi connectivity index (χ1v) is 3.39. The van der Waals surface area contributed by atoms with E-state index in [9.17, 15) is 0 Å². The molecule has 11 heavy (non-hydrogen) atoms. The number of fused-ring (bicyclic) bond motifs is 1. The van der Waals surface area contributed by atoms with E-state index in [-0.39, 0.29) is 0 Å². The fourth-order valence-corrected chi connectivity index (χ4v) is 0.967. The maximum atomic E-state index is 4.22. The molecule has 0 fully saturated rings. The first-order chi connectivity index (χ1) is 5.36. The van der Waals surface area contributed by atoms with E-state index < -0.39 is 0 Å². The van der Waals surface area contributed by atoms with Crippen LogP contribution in [0.2, 0.25) is 0 Å². The molecule has 0 saturated heterocycles. The van der Waals surface area contributed by atoms with Crippen LogP contribution in [0.3, 0.4) is 0 Å². The van der Waals surface area contributed by atoms with Gasteiger partial charge in [-0.2, -0.15) is 0 Å². The van der Waals surface area contributed by atoms with Crippen LogP contribution in [0.15, 0.2) is 24.7 Å². The maximum absolute atomic E-state index is 4.22. The van der Waals surface area contributed by atoms with Crippen molar-refractivity contribution in [2.45, 2.75) is 6.92 Å². The molecule has 0 N–H and O–H groups in total. The molecule has 0 aliphatic rings. The van der Waals surface area contributed by atoms with Crippen molar-refractivity contribution in [3.63, 3.8) is 0 Å². The fourth-order valence-electron chi connectivity index (χ4n) is 0.967. The monoisotopic (exact) mass is 145 g/mol. The Labute approximate surface area is 64.1 Å². The Kier molecular flexibility index (Phi) is 1.28. The predicted molar refractivity (Wildman–Crippen MR) is 42.1 cm³/mol. The maximum Gasteiger partial charge on any atom is 0.125 e. The van der Waals surface area contributed by atoms with Crippen molar-refractivity contribution < 1.29 is 0 Å². The van der Waals surface area contributed by atoms with E-state index in [0.29, 0.717) is 0 Å². The van der Waals surface area contributed by atoms with Crippen molar-refractivity contribution in [3.8, 4) is 0 Å². The minimum atomic E-state index is 0.795. The van der Waals surface area contributed by atoms with Crippen LogP contribution >= 0.6 is 0 Å². The molecular formula is C8H7N3. The SMILES string of the molecule is Cc1ncc2cnccc2n1. The summed E-state index contributed by atoms with van der Waals surface area (Å²) in [5.41, 5.74) is 0.951. The van der Waals surface area contributed by atoms with Crippen LogP contribution in [-0.4, -0.2) is 15.0 Å². The molecule has 0 spiro atoms. The Balaban J connectivity index is 2.83. The molecule has 3 heteroatoms. The van der Waals surface area contributed by atoms with Gasteiger partial charge in [0.1, 0.15) is 5.82 Å². The second-order valence-electron chi connectivity index (χ2n) is 2.35. The van der Waals surface area contributed by atoms with Crippen molar-refractivity contribution in [1.29, 1.82) is 0 Å². The lowest BCUT2D eigenvalue weighted by Gasteiger charge is -1.94. The highest BCUT2D eigenvalue weighted by molar-refractivity contribution is 5.75. The molecular weight excluding hydrogens is 138 g/mol. The molecule has 0 aromatic carbocycles. The molecule has 2 aromatic heterocycles. The highest BCUT2D eigenvalue weighted by Gasteiger charge is 1.93. The van der Waals surface area contributed by atoms with E-state index in [4.69, 9.17) is 0 Å². The Morgan fingerprint density at radius 1 is 1.27 bits per heavy atom. The van der Waals surface area contributed by atoms with Gasteiger partial charge in [-0.15, -0.1) is 0 Å². The summed E-state index contributed by atoms with van der Waals surface area (Å²) in [5.74, 6) is 0.795. The third kappa shape index (κ3) is 1.05. The normalized spacial score (nSPS) is 10.3. The molecule has 2 rings (SSSR count). The Morgan fingerprint density at radius 3 is 3.09 bits per heavy atom. The van der Waals surface area contributed by atoms with Gasteiger partial charge in [-0.05, 0) is 13.0 Å². The number of pyridine rings is 1. The third-order valence-electron chi connectivity index (χ3n) is 1.50. The van der Waals surface area contributed by atoms with Gasteiger partial charge in [0, 0.05) is 24.0 Å². The minimum Gasteiger partial charge on any atom is -0.264 e. The van der Waals surface area contributed by atoms with Crippen LogP contribution in [0, 0.1) is 6.92 Å². The summed E-state index contributed by atoms with van der Waals surface area (Å²) in [4.78, 5) is 12.2. The molecule has 0 aliphatic carbocycles. The number of aromatic nitrogens is 3. The predicted octanol–water partition coefficient (Wildman–Crippen LogP) is 1.33. The summed E-state index contributed by atoms with van der Waals surface area (Å²) in [6.45, 7) is 1.87. The second kappa shape index (κ2) is 2.27. The van der Waals surface area contributed by atoms with Crippen LogP contribution in [0.4, 0.5) is 0 Å². The number of hydrogen-bond donors (Lipinski definition) is 0. The lowest BCUT2D eigenvalue weighted by molar-refractivity contribution is 1.09. The Hall–Kier alpha value is -1.51. The van der Waals surface area contributed by atoms with Gasteiger partial charge >= 0.3 is 0 Å². The molecule has 2 aromatic rings. The average molecular weight is 145 g/mol. The summed E-state index contributed by atoms with van der Waals surface area (Å²) in [7, 11) is 0. The lowest BCUT2D eigenvalue weighted by atomic mass is 10.3. The van der Waals surface area contributed by atoms with Crippen LogP contribution < -0.4 is 0 Å². The van der Waals surface area contributed by atoms with E-state index in [1.54, 1.807) is 18.6 Å².